The smallest absolute Gasteiger partial charge is 0.325 e. The summed E-state index contributed by atoms with van der Waals surface area (Å²) >= 11 is 0. The van der Waals surface area contributed by atoms with Crippen LogP contribution in [0.15, 0.2) is 4.99 Å². The minimum atomic E-state index is -1.27. The van der Waals surface area contributed by atoms with Crippen LogP contribution in [0.5, 0.6) is 0 Å². The van der Waals surface area contributed by atoms with E-state index < -0.39 is 42.4 Å². The van der Waals surface area contributed by atoms with Crippen LogP contribution in [0.25, 0.3) is 0 Å². The van der Waals surface area contributed by atoms with Gasteiger partial charge in [0.25, 0.3) is 5.91 Å². The van der Waals surface area contributed by atoms with Crippen LogP contribution in [0.2, 0.25) is 0 Å². The van der Waals surface area contributed by atoms with Gasteiger partial charge in [-0.1, -0.05) is 0 Å². The SMILES string of the molecule is NC(N)=NCCCC1NC(=O)N(CC(=O)NCC(N)C(=O)O)C1=O. The lowest BCUT2D eigenvalue weighted by atomic mass is 10.1. The Hall–Kier alpha value is -2.89. The second-order valence-electron chi connectivity index (χ2n) is 5.12. The first kappa shape index (κ1) is 19.2. The summed E-state index contributed by atoms with van der Waals surface area (Å²) in [6, 6.07) is -2.70. The van der Waals surface area contributed by atoms with Crippen LogP contribution in [0.4, 0.5) is 4.79 Å². The van der Waals surface area contributed by atoms with Crippen LogP contribution in [0.1, 0.15) is 12.8 Å². The van der Waals surface area contributed by atoms with Gasteiger partial charge in [0.05, 0.1) is 0 Å². The molecule has 0 aromatic carbocycles. The van der Waals surface area contributed by atoms with E-state index in [1.807, 2.05) is 0 Å². The molecule has 0 radical (unpaired) electrons. The fourth-order valence-electron chi connectivity index (χ4n) is 1.94. The second-order valence-corrected chi connectivity index (χ2v) is 5.12. The number of urea groups is 1. The third kappa shape index (κ3) is 5.72. The summed E-state index contributed by atoms with van der Waals surface area (Å²) in [6.45, 7) is -0.503. The highest BCUT2D eigenvalue weighted by Crippen LogP contribution is 2.11. The number of carbonyl (C=O) groups excluding carboxylic acids is 3. The molecule has 1 fully saturated rings. The van der Waals surface area contributed by atoms with Crippen molar-refractivity contribution in [3.8, 4) is 0 Å². The lowest BCUT2D eigenvalue weighted by Crippen LogP contribution is -2.46. The van der Waals surface area contributed by atoms with Gasteiger partial charge in [0, 0.05) is 13.1 Å². The first-order valence-electron chi connectivity index (χ1n) is 7.14. The minimum absolute atomic E-state index is 0.0605. The van der Waals surface area contributed by atoms with Crippen molar-refractivity contribution in [2.45, 2.75) is 24.9 Å². The molecule has 0 spiro atoms. The van der Waals surface area contributed by atoms with Gasteiger partial charge < -0.3 is 32.9 Å². The van der Waals surface area contributed by atoms with Gasteiger partial charge in [-0.05, 0) is 12.8 Å². The quantitative estimate of drug-likeness (QED) is 0.107. The number of carboxylic acids is 1. The van der Waals surface area contributed by atoms with E-state index in [1.54, 1.807) is 0 Å². The van der Waals surface area contributed by atoms with Crippen molar-refractivity contribution < 1.29 is 24.3 Å². The molecule has 1 rings (SSSR count). The molecule has 0 aromatic rings. The van der Waals surface area contributed by atoms with E-state index in [4.69, 9.17) is 22.3 Å². The van der Waals surface area contributed by atoms with E-state index in [2.05, 4.69) is 15.6 Å². The molecule has 24 heavy (non-hydrogen) atoms. The molecular formula is C12H21N7O5. The van der Waals surface area contributed by atoms with Crippen molar-refractivity contribution in [1.29, 1.82) is 0 Å². The summed E-state index contributed by atoms with van der Waals surface area (Å²) in [7, 11) is 0. The van der Waals surface area contributed by atoms with E-state index in [9.17, 15) is 19.2 Å². The van der Waals surface area contributed by atoms with Crippen molar-refractivity contribution in [3.05, 3.63) is 0 Å². The molecule has 1 aliphatic rings. The number of guanidine groups is 1. The Labute approximate surface area is 137 Å². The highest BCUT2D eigenvalue weighted by atomic mass is 16.4. The number of aliphatic carboxylic acids is 1. The molecule has 9 N–H and O–H groups in total. The molecule has 2 unspecified atom stereocenters. The minimum Gasteiger partial charge on any atom is -0.480 e. The summed E-state index contributed by atoms with van der Waals surface area (Å²) in [5.41, 5.74) is 15.6. The maximum atomic E-state index is 12.1. The molecule has 1 aliphatic heterocycles. The standard InChI is InChI=1S/C12H21N7O5/c13-6(10(22)23)4-17-8(20)5-19-9(21)7(18-12(19)24)2-1-3-16-11(14)15/h6-7H,1-5,13H2,(H,17,20)(H,18,24)(H,22,23)(H4,14,15,16). The number of carboxylic acid groups (broad SMARTS) is 1. The number of nitrogens with two attached hydrogens (primary N) is 3. The van der Waals surface area contributed by atoms with Crippen molar-refractivity contribution in [1.82, 2.24) is 15.5 Å². The maximum Gasteiger partial charge on any atom is 0.325 e. The molecule has 0 aliphatic carbocycles. The van der Waals surface area contributed by atoms with Crippen LogP contribution >= 0.6 is 0 Å². The topological polar surface area (TPSA) is 206 Å². The van der Waals surface area contributed by atoms with Crippen LogP contribution in [-0.2, 0) is 14.4 Å². The van der Waals surface area contributed by atoms with E-state index in [1.165, 1.54) is 0 Å². The maximum absolute atomic E-state index is 12.1. The lowest BCUT2D eigenvalue weighted by Gasteiger charge is -2.14. The first-order valence-corrected chi connectivity index (χ1v) is 7.14. The Bertz CT molecular complexity index is 546. The Morgan fingerprint density at radius 3 is 2.62 bits per heavy atom. The Morgan fingerprint density at radius 2 is 2.04 bits per heavy atom. The average molecular weight is 343 g/mol. The van der Waals surface area contributed by atoms with Crippen molar-refractivity contribution in [2.75, 3.05) is 19.6 Å². The predicted molar refractivity (Wildman–Crippen MR) is 82.6 cm³/mol. The number of amides is 4. The Morgan fingerprint density at radius 1 is 1.38 bits per heavy atom. The molecule has 1 saturated heterocycles. The normalized spacial score (nSPS) is 18.0. The molecule has 1 heterocycles. The summed E-state index contributed by atoms with van der Waals surface area (Å²) in [4.78, 5) is 50.6. The molecule has 2 atom stereocenters. The van der Waals surface area contributed by atoms with Crippen molar-refractivity contribution in [2.24, 2.45) is 22.2 Å². The molecular weight excluding hydrogens is 322 g/mol. The van der Waals surface area contributed by atoms with Gasteiger partial charge in [-0.15, -0.1) is 0 Å². The highest BCUT2D eigenvalue weighted by molar-refractivity contribution is 6.06. The van der Waals surface area contributed by atoms with E-state index >= 15 is 0 Å². The van der Waals surface area contributed by atoms with E-state index in [0.29, 0.717) is 19.4 Å². The summed E-state index contributed by atoms with van der Waals surface area (Å²) in [6.07, 6.45) is 0.797. The zero-order valence-electron chi connectivity index (χ0n) is 12.9. The Kier molecular flexibility index (Phi) is 6.92. The van der Waals surface area contributed by atoms with Crippen molar-refractivity contribution in [3.63, 3.8) is 0 Å². The van der Waals surface area contributed by atoms with Crippen LogP contribution < -0.4 is 27.8 Å². The number of nitrogens with one attached hydrogen (secondary N) is 2. The summed E-state index contributed by atoms with van der Waals surface area (Å²) in [5.74, 6) is -2.56. The third-order valence-electron chi connectivity index (χ3n) is 3.19. The number of rotatable bonds is 9. The van der Waals surface area contributed by atoms with Crippen molar-refractivity contribution >= 4 is 29.8 Å². The summed E-state index contributed by atoms with van der Waals surface area (Å²) in [5, 5.41) is 13.3. The van der Waals surface area contributed by atoms with Gasteiger partial charge in [0.2, 0.25) is 5.91 Å². The second kappa shape index (κ2) is 8.67. The number of aliphatic imine (C=N–C) groups is 1. The van der Waals surface area contributed by atoms with Crippen LogP contribution in [0, 0.1) is 0 Å². The third-order valence-corrected chi connectivity index (χ3v) is 3.19. The van der Waals surface area contributed by atoms with E-state index in [-0.39, 0.29) is 12.5 Å². The fraction of sp³-hybridized carbons (Fsp3) is 0.583. The molecule has 0 saturated carbocycles. The highest BCUT2D eigenvalue weighted by Gasteiger charge is 2.38. The fourth-order valence-corrected chi connectivity index (χ4v) is 1.94. The van der Waals surface area contributed by atoms with Gasteiger partial charge >= 0.3 is 12.0 Å². The molecule has 4 amide bonds. The van der Waals surface area contributed by atoms with E-state index in [0.717, 1.165) is 4.90 Å². The number of carbonyl (C=O) groups is 4. The van der Waals surface area contributed by atoms with Gasteiger partial charge in [0.1, 0.15) is 18.6 Å². The number of imide groups is 1. The number of nitrogens with zero attached hydrogens (tertiary/aromatic N) is 2. The van der Waals surface area contributed by atoms with Gasteiger partial charge in [-0.3, -0.25) is 24.3 Å². The molecule has 0 aromatic heterocycles. The molecule has 12 nitrogen and oxygen atoms in total. The monoisotopic (exact) mass is 343 g/mol. The average Bonchev–Trinajstić information content (AvgIpc) is 2.76. The molecule has 12 heteroatoms. The predicted octanol–water partition coefficient (Wildman–Crippen LogP) is -3.51. The summed E-state index contributed by atoms with van der Waals surface area (Å²) < 4.78 is 0. The lowest BCUT2D eigenvalue weighted by molar-refractivity contribution is -0.138. The zero-order valence-corrected chi connectivity index (χ0v) is 12.9. The van der Waals surface area contributed by atoms with Crippen LogP contribution in [0.3, 0.4) is 0 Å². The Balaban J connectivity index is 2.44. The zero-order chi connectivity index (χ0) is 18.3. The van der Waals surface area contributed by atoms with Crippen LogP contribution in [-0.4, -0.2) is 71.5 Å². The van der Waals surface area contributed by atoms with Gasteiger partial charge in [-0.2, -0.15) is 0 Å². The van der Waals surface area contributed by atoms with Gasteiger partial charge in [-0.25, -0.2) is 4.79 Å². The molecule has 134 valence electrons. The van der Waals surface area contributed by atoms with Gasteiger partial charge in [0.15, 0.2) is 5.96 Å². The first-order chi connectivity index (χ1) is 11.2. The number of hydrogen-bond acceptors (Lipinski definition) is 6. The number of hydrogen-bond donors (Lipinski definition) is 6. The molecule has 0 bridgehead atoms. The largest absolute Gasteiger partial charge is 0.480 e.